The Morgan fingerprint density at radius 3 is 2.23 bits per heavy atom. The van der Waals surface area contributed by atoms with Crippen LogP contribution in [0.3, 0.4) is 0 Å². The van der Waals surface area contributed by atoms with E-state index in [2.05, 4.69) is 15.0 Å². The van der Waals surface area contributed by atoms with Crippen LogP contribution in [-0.4, -0.2) is 19.3 Å². The molecular formula is C18H14ClN3O3S. The number of hydrogen-bond acceptors (Lipinski definition) is 4. The molecule has 0 bridgehead atoms. The molecule has 0 spiro atoms. The zero-order valence-electron chi connectivity index (χ0n) is 13.4. The summed E-state index contributed by atoms with van der Waals surface area (Å²) in [4.78, 5) is 16.1. The van der Waals surface area contributed by atoms with E-state index in [1.807, 2.05) is 0 Å². The Bertz CT molecular complexity index is 1010. The Kier molecular flexibility index (Phi) is 5.20. The summed E-state index contributed by atoms with van der Waals surface area (Å²) in [6.45, 7) is 0. The van der Waals surface area contributed by atoms with Gasteiger partial charge in [0.25, 0.3) is 15.9 Å². The molecule has 1 heterocycles. The fourth-order valence-corrected chi connectivity index (χ4v) is 3.33. The molecule has 0 unspecified atom stereocenters. The smallest absolute Gasteiger partial charge is 0.261 e. The molecule has 0 radical (unpaired) electrons. The Labute approximate surface area is 155 Å². The Balaban J connectivity index is 1.71. The molecule has 0 aliphatic rings. The third kappa shape index (κ3) is 4.38. The highest BCUT2D eigenvalue weighted by atomic mass is 35.5. The molecule has 2 N–H and O–H groups in total. The lowest BCUT2D eigenvalue weighted by Crippen LogP contribution is -2.14. The van der Waals surface area contributed by atoms with Crippen molar-refractivity contribution in [3.8, 4) is 0 Å². The van der Waals surface area contributed by atoms with E-state index in [4.69, 9.17) is 11.6 Å². The molecule has 0 aliphatic carbocycles. The van der Waals surface area contributed by atoms with Crippen molar-refractivity contribution in [3.05, 3.63) is 83.6 Å². The topological polar surface area (TPSA) is 88.2 Å². The van der Waals surface area contributed by atoms with Crippen molar-refractivity contribution in [2.24, 2.45) is 0 Å². The zero-order valence-corrected chi connectivity index (χ0v) is 15.0. The third-order valence-electron chi connectivity index (χ3n) is 3.44. The number of hydrogen-bond donors (Lipinski definition) is 2. The minimum Gasteiger partial charge on any atom is -0.322 e. The van der Waals surface area contributed by atoms with Gasteiger partial charge in [-0.05, 0) is 60.7 Å². The first-order valence-corrected chi connectivity index (χ1v) is 9.40. The average Bonchev–Trinajstić information content (AvgIpc) is 2.63. The molecule has 3 rings (SSSR count). The van der Waals surface area contributed by atoms with Crippen molar-refractivity contribution in [2.75, 3.05) is 10.0 Å². The van der Waals surface area contributed by atoms with Crippen molar-refractivity contribution in [1.82, 2.24) is 4.98 Å². The van der Waals surface area contributed by atoms with Gasteiger partial charge in [0.05, 0.1) is 16.8 Å². The SMILES string of the molecule is O=C(Nc1ccc(S(=O)(=O)Nc2cccnc2)cc1)c1ccc(Cl)cc1. The summed E-state index contributed by atoms with van der Waals surface area (Å²) < 4.78 is 27.1. The number of benzene rings is 2. The molecule has 2 aromatic carbocycles. The second kappa shape index (κ2) is 7.55. The van der Waals surface area contributed by atoms with Gasteiger partial charge in [-0.3, -0.25) is 14.5 Å². The van der Waals surface area contributed by atoms with E-state index in [1.54, 1.807) is 42.6 Å². The van der Waals surface area contributed by atoms with Crippen molar-refractivity contribution < 1.29 is 13.2 Å². The summed E-state index contributed by atoms with van der Waals surface area (Å²) in [7, 11) is -3.73. The van der Waals surface area contributed by atoms with Gasteiger partial charge in [-0.2, -0.15) is 0 Å². The maximum Gasteiger partial charge on any atom is 0.261 e. The second-order valence-electron chi connectivity index (χ2n) is 5.33. The number of pyridine rings is 1. The van der Waals surface area contributed by atoms with Crippen LogP contribution < -0.4 is 10.0 Å². The summed E-state index contributed by atoms with van der Waals surface area (Å²) >= 11 is 5.80. The van der Waals surface area contributed by atoms with E-state index < -0.39 is 10.0 Å². The fourth-order valence-electron chi connectivity index (χ4n) is 2.16. The average molecular weight is 388 g/mol. The van der Waals surface area contributed by atoms with Crippen molar-refractivity contribution >= 4 is 38.9 Å². The van der Waals surface area contributed by atoms with Gasteiger partial charge in [0.15, 0.2) is 0 Å². The predicted molar refractivity (Wildman–Crippen MR) is 101 cm³/mol. The molecule has 26 heavy (non-hydrogen) atoms. The highest BCUT2D eigenvalue weighted by Crippen LogP contribution is 2.18. The molecule has 0 saturated carbocycles. The summed E-state index contributed by atoms with van der Waals surface area (Å²) in [5.41, 5.74) is 1.29. The van der Waals surface area contributed by atoms with Crippen LogP contribution in [0.5, 0.6) is 0 Å². The van der Waals surface area contributed by atoms with E-state index in [0.717, 1.165) is 0 Å². The number of aromatic nitrogens is 1. The van der Waals surface area contributed by atoms with Crippen LogP contribution in [0.15, 0.2) is 78.0 Å². The van der Waals surface area contributed by atoms with Gasteiger partial charge in [-0.15, -0.1) is 0 Å². The number of amides is 1. The molecule has 0 fully saturated rings. The zero-order chi connectivity index (χ0) is 18.6. The van der Waals surface area contributed by atoms with Crippen molar-refractivity contribution in [3.63, 3.8) is 0 Å². The minimum atomic E-state index is -3.73. The Hall–Kier alpha value is -2.90. The number of rotatable bonds is 5. The molecule has 0 saturated heterocycles. The van der Waals surface area contributed by atoms with Crippen LogP contribution in [0.2, 0.25) is 5.02 Å². The molecule has 0 aliphatic heterocycles. The Morgan fingerprint density at radius 2 is 1.62 bits per heavy atom. The highest BCUT2D eigenvalue weighted by Gasteiger charge is 2.14. The number of sulfonamides is 1. The lowest BCUT2D eigenvalue weighted by molar-refractivity contribution is 0.102. The standard InChI is InChI=1S/C18H14ClN3O3S/c19-14-5-3-13(4-6-14)18(23)21-15-7-9-17(10-8-15)26(24,25)22-16-2-1-11-20-12-16/h1-12,22H,(H,21,23). The maximum atomic E-state index is 12.3. The molecule has 8 heteroatoms. The molecular weight excluding hydrogens is 374 g/mol. The van der Waals surface area contributed by atoms with E-state index in [0.29, 0.717) is 22.0 Å². The van der Waals surface area contributed by atoms with Gasteiger partial charge < -0.3 is 5.32 Å². The first-order valence-electron chi connectivity index (χ1n) is 7.54. The summed E-state index contributed by atoms with van der Waals surface area (Å²) in [6, 6.07) is 15.6. The number of nitrogens with one attached hydrogen (secondary N) is 2. The van der Waals surface area contributed by atoms with Gasteiger partial charge in [0, 0.05) is 22.5 Å². The number of nitrogens with zero attached hydrogens (tertiary/aromatic N) is 1. The lowest BCUT2D eigenvalue weighted by Gasteiger charge is -2.09. The quantitative estimate of drug-likeness (QED) is 0.697. The van der Waals surface area contributed by atoms with Gasteiger partial charge in [0.2, 0.25) is 0 Å². The Morgan fingerprint density at radius 1 is 0.923 bits per heavy atom. The van der Waals surface area contributed by atoms with Gasteiger partial charge in [0.1, 0.15) is 0 Å². The summed E-state index contributed by atoms with van der Waals surface area (Å²) in [6.07, 6.45) is 2.97. The highest BCUT2D eigenvalue weighted by molar-refractivity contribution is 7.92. The van der Waals surface area contributed by atoms with E-state index >= 15 is 0 Å². The van der Waals surface area contributed by atoms with E-state index in [9.17, 15) is 13.2 Å². The second-order valence-corrected chi connectivity index (χ2v) is 7.45. The maximum absolute atomic E-state index is 12.3. The van der Waals surface area contributed by atoms with Crippen molar-refractivity contribution in [1.29, 1.82) is 0 Å². The number of carbonyl (C=O) groups is 1. The predicted octanol–water partition coefficient (Wildman–Crippen LogP) is 3.79. The summed E-state index contributed by atoms with van der Waals surface area (Å²) in [5.74, 6) is -0.314. The van der Waals surface area contributed by atoms with Gasteiger partial charge >= 0.3 is 0 Å². The van der Waals surface area contributed by atoms with Crippen LogP contribution in [-0.2, 0) is 10.0 Å². The van der Waals surface area contributed by atoms with Crippen LogP contribution in [0, 0.1) is 0 Å². The van der Waals surface area contributed by atoms with E-state index in [1.165, 1.54) is 30.5 Å². The van der Waals surface area contributed by atoms with Gasteiger partial charge in [-0.1, -0.05) is 11.6 Å². The van der Waals surface area contributed by atoms with Crippen LogP contribution in [0.25, 0.3) is 0 Å². The monoisotopic (exact) mass is 387 g/mol. The molecule has 132 valence electrons. The fraction of sp³-hybridized carbons (Fsp3) is 0. The van der Waals surface area contributed by atoms with Crippen molar-refractivity contribution in [2.45, 2.75) is 4.90 Å². The third-order valence-corrected chi connectivity index (χ3v) is 5.09. The van der Waals surface area contributed by atoms with Crippen LogP contribution >= 0.6 is 11.6 Å². The number of halogens is 1. The number of carbonyl (C=O) groups excluding carboxylic acids is 1. The lowest BCUT2D eigenvalue weighted by atomic mass is 10.2. The molecule has 6 nitrogen and oxygen atoms in total. The van der Waals surface area contributed by atoms with Gasteiger partial charge in [-0.25, -0.2) is 8.42 Å². The van der Waals surface area contributed by atoms with E-state index in [-0.39, 0.29) is 10.8 Å². The van der Waals surface area contributed by atoms with Crippen LogP contribution in [0.1, 0.15) is 10.4 Å². The first-order chi connectivity index (χ1) is 12.4. The minimum absolute atomic E-state index is 0.0749. The largest absolute Gasteiger partial charge is 0.322 e. The molecule has 0 atom stereocenters. The molecule has 1 aromatic heterocycles. The van der Waals surface area contributed by atoms with Crippen LogP contribution in [0.4, 0.5) is 11.4 Å². The molecule has 3 aromatic rings. The normalized spacial score (nSPS) is 11.0. The molecule has 1 amide bonds. The summed E-state index contributed by atoms with van der Waals surface area (Å²) in [5, 5.41) is 3.24. The number of anilines is 2. The first kappa shape index (κ1) is 17.9.